The molecule has 0 bridgehead atoms. The SMILES string of the molecule is C=Cc1c(S(=O)(=O)O)c(S(=O)(=O)O)c(S(=O)(=O)O)c2ccccc12.[Mg]. The lowest BCUT2D eigenvalue weighted by Crippen LogP contribution is -2.16. The van der Waals surface area contributed by atoms with E-state index >= 15 is 0 Å². The zero-order chi connectivity index (χ0) is 18.5. The van der Waals surface area contributed by atoms with E-state index in [4.69, 9.17) is 0 Å². The number of benzene rings is 2. The highest BCUT2D eigenvalue weighted by molar-refractivity contribution is 7.90. The Bertz CT molecular complexity index is 1180. The summed E-state index contributed by atoms with van der Waals surface area (Å²) in [6.07, 6.45) is 0.869. The second-order valence-electron chi connectivity index (χ2n) is 4.58. The van der Waals surface area contributed by atoms with Crippen LogP contribution < -0.4 is 0 Å². The van der Waals surface area contributed by atoms with Gasteiger partial charge in [0.05, 0.1) is 0 Å². The van der Waals surface area contributed by atoms with Gasteiger partial charge in [-0.3, -0.25) is 13.7 Å². The smallest absolute Gasteiger partial charge is 0.282 e. The molecule has 2 radical (unpaired) electrons. The first-order valence-corrected chi connectivity index (χ1v) is 10.3. The van der Waals surface area contributed by atoms with Crippen molar-refractivity contribution in [1.29, 1.82) is 0 Å². The molecule has 2 aromatic carbocycles. The van der Waals surface area contributed by atoms with Crippen LogP contribution >= 0.6 is 0 Å². The van der Waals surface area contributed by atoms with Gasteiger partial charge >= 0.3 is 0 Å². The van der Waals surface area contributed by atoms with Gasteiger partial charge in [-0.1, -0.05) is 36.9 Å². The largest absolute Gasteiger partial charge is 0.297 e. The second kappa shape index (κ2) is 6.92. The Morgan fingerprint density at radius 1 is 0.720 bits per heavy atom. The highest BCUT2D eigenvalue weighted by Crippen LogP contribution is 2.39. The van der Waals surface area contributed by atoms with E-state index in [1.54, 1.807) is 0 Å². The van der Waals surface area contributed by atoms with E-state index in [1.165, 1.54) is 18.2 Å². The van der Waals surface area contributed by atoms with Crippen molar-refractivity contribution in [2.24, 2.45) is 0 Å². The first kappa shape index (κ1) is 22.0. The second-order valence-corrected chi connectivity index (χ2v) is 8.65. The van der Waals surface area contributed by atoms with Gasteiger partial charge < -0.3 is 0 Å². The minimum absolute atomic E-state index is 0. The van der Waals surface area contributed by atoms with E-state index in [-0.39, 0.29) is 33.8 Å². The van der Waals surface area contributed by atoms with Gasteiger partial charge in [0, 0.05) is 34.0 Å². The van der Waals surface area contributed by atoms with Crippen LogP contribution in [0.15, 0.2) is 45.5 Å². The standard InChI is InChI=1S/C12H10O9S3.Mg/c1-2-7-8-5-3-4-6-9(8)11(23(16,17)18)12(24(19,20)21)10(7)22(13,14)15;/h2-6H,1H2,(H,13,14,15)(H,16,17,18)(H,19,20,21);. The summed E-state index contributed by atoms with van der Waals surface area (Å²) in [5.41, 5.74) is -0.451. The zero-order valence-corrected chi connectivity index (χ0v) is 16.2. The van der Waals surface area contributed by atoms with E-state index in [0.29, 0.717) is 0 Å². The molecule has 0 fully saturated rings. The van der Waals surface area contributed by atoms with E-state index in [9.17, 15) is 38.9 Å². The van der Waals surface area contributed by atoms with Gasteiger partial charge in [-0.15, -0.1) is 0 Å². The quantitative estimate of drug-likeness (QED) is 0.482. The third-order valence-electron chi connectivity index (χ3n) is 3.10. The molecule has 0 aliphatic rings. The zero-order valence-electron chi connectivity index (χ0n) is 12.3. The Morgan fingerprint density at radius 3 is 1.48 bits per heavy atom. The van der Waals surface area contributed by atoms with Crippen LogP contribution in [0.25, 0.3) is 16.8 Å². The number of hydrogen-bond donors (Lipinski definition) is 3. The lowest BCUT2D eigenvalue weighted by molar-refractivity contribution is 0.457. The molecule has 0 saturated heterocycles. The van der Waals surface area contributed by atoms with Crippen molar-refractivity contribution in [3.63, 3.8) is 0 Å². The molecule has 25 heavy (non-hydrogen) atoms. The maximum Gasteiger partial charge on any atom is 0.297 e. The average molecular weight is 419 g/mol. The van der Waals surface area contributed by atoms with Crippen molar-refractivity contribution in [2.75, 3.05) is 0 Å². The first-order valence-electron chi connectivity index (χ1n) is 5.93. The fraction of sp³-hybridized carbons (Fsp3) is 0. The monoisotopic (exact) mass is 418 g/mol. The van der Waals surface area contributed by atoms with E-state index < -0.39 is 50.6 Å². The molecule has 0 heterocycles. The maximum atomic E-state index is 11.7. The average Bonchev–Trinajstić information content (AvgIpc) is 2.41. The number of hydrogen-bond acceptors (Lipinski definition) is 6. The molecule has 0 aliphatic carbocycles. The summed E-state index contributed by atoms with van der Waals surface area (Å²) < 4.78 is 98.0. The molecule has 2 aromatic rings. The van der Waals surface area contributed by atoms with Crippen LogP contribution in [0.2, 0.25) is 0 Å². The van der Waals surface area contributed by atoms with Crippen LogP contribution in [0, 0.1) is 0 Å². The minimum Gasteiger partial charge on any atom is -0.282 e. The van der Waals surface area contributed by atoms with Crippen molar-refractivity contribution in [1.82, 2.24) is 0 Å². The van der Waals surface area contributed by atoms with Gasteiger partial charge in [-0.25, -0.2) is 0 Å². The summed E-state index contributed by atoms with van der Waals surface area (Å²) in [6.45, 7) is 3.31. The Labute approximate surface area is 159 Å². The molecule has 0 aromatic heterocycles. The highest BCUT2D eigenvalue weighted by atomic mass is 32.2. The minimum atomic E-state index is -5.48. The third-order valence-corrected chi connectivity index (χ3v) is 6.16. The lowest BCUT2D eigenvalue weighted by Gasteiger charge is -2.16. The van der Waals surface area contributed by atoms with Crippen LogP contribution in [0.3, 0.4) is 0 Å². The molecular formula is C12H10MgO9S3. The van der Waals surface area contributed by atoms with Crippen LogP contribution in [-0.2, 0) is 30.4 Å². The molecule has 13 heteroatoms. The summed E-state index contributed by atoms with van der Waals surface area (Å²) in [4.78, 5) is -4.41. The molecule has 2 rings (SSSR count). The predicted octanol–water partition coefficient (Wildman–Crippen LogP) is 0.842. The molecular weight excluding hydrogens is 409 g/mol. The summed E-state index contributed by atoms with van der Waals surface area (Å²) in [5.74, 6) is 0. The van der Waals surface area contributed by atoms with E-state index in [0.717, 1.165) is 12.1 Å². The fourth-order valence-electron chi connectivity index (χ4n) is 2.34. The van der Waals surface area contributed by atoms with Crippen LogP contribution in [-0.4, -0.2) is 62.0 Å². The number of rotatable bonds is 4. The van der Waals surface area contributed by atoms with Crippen LogP contribution in [0.5, 0.6) is 0 Å². The molecule has 0 saturated carbocycles. The van der Waals surface area contributed by atoms with Crippen molar-refractivity contribution in [3.05, 3.63) is 36.4 Å². The highest BCUT2D eigenvalue weighted by Gasteiger charge is 2.36. The molecule has 0 aliphatic heterocycles. The van der Waals surface area contributed by atoms with Gasteiger partial charge in [0.25, 0.3) is 30.4 Å². The van der Waals surface area contributed by atoms with Crippen molar-refractivity contribution in [3.8, 4) is 0 Å². The Kier molecular flexibility index (Phi) is 6.08. The van der Waals surface area contributed by atoms with Crippen LogP contribution in [0.1, 0.15) is 5.56 Å². The molecule has 0 unspecified atom stereocenters. The van der Waals surface area contributed by atoms with Gasteiger partial charge in [0.1, 0.15) is 14.7 Å². The topological polar surface area (TPSA) is 163 Å². The van der Waals surface area contributed by atoms with Gasteiger partial charge in [0.15, 0.2) is 0 Å². The normalized spacial score (nSPS) is 12.6. The van der Waals surface area contributed by atoms with Crippen LogP contribution in [0.4, 0.5) is 0 Å². The molecule has 3 N–H and O–H groups in total. The fourth-order valence-corrected chi connectivity index (χ4v) is 5.95. The van der Waals surface area contributed by atoms with Gasteiger partial charge in [-0.2, -0.15) is 25.3 Å². The summed E-state index contributed by atoms with van der Waals surface area (Å²) in [6, 6.07) is 4.99. The van der Waals surface area contributed by atoms with Crippen molar-refractivity contribution < 1.29 is 38.9 Å². The van der Waals surface area contributed by atoms with Crippen molar-refractivity contribution in [2.45, 2.75) is 14.7 Å². The Balaban J connectivity index is 0.00000312. The molecule has 9 nitrogen and oxygen atoms in total. The Morgan fingerprint density at radius 2 is 1.12 bits per heavy atom. The molecule has 0 amide bonds. The van der Waals surface area contributed by atoms with Gasteiger partial charge in [-0.05, 0) is 5.39 Å². The molecule has 0 atom stereocenters. The predicted molar refractivity (Wildman–Crippen MR) is 89.2 cm³/mol. The summed E-state index contributed by atoms with van der Waals surface area (Å²) in [7, 11) is -16.1. The van der Waals surface area contributed by atoms with E-state index in [2.05, 4.69) is 6.58 Å². The van der Waals surface area contributed by atoms with E-state index in [1.807, 2.05) is 0 Å². The summed E-state index contributed by atoms with van der Waals surface area (Å²) in [5, 5.41) is -0.505. The summed E-state index contributed by atoms with van der Waals surface area (Å²) >= 11 is 0. The van der Waals surface area contributed by atoms with Crippen molar-refractivity contribution >= 4 is 70.3 Å². The van der Waals surface area contributed by atoms with Gasteiger partial charge in [0.2, 0.25) is 0 Å². The molecule has 132 valence electrons. The lowest BCUT2D eigenvalue weighted by atomic mass is 10.0. The number of fused-ring (bicyclic) bond motifs is 1. The third kappa shape index (κ3) is 4.03. The molecule has 0 spiro atoms. The maximum absolute atomic E-state index is 11.7. The Hall–Kier alpha value is -1.06. The first-order chi connectivity index (χ1) is 10.8.